The molecule has 4 atom stereocenters. The number of nitrogens with zero attached hydrogens (tertiary/aromatic N) is 2. The first kappa shape index (κ1) is 18.1. The lowest BCUT2D eigenvalue weighted by Crippen LogP contribution is -2.45. The Morgan fingerprint density at radius 3 is 2.65 bits per heavy atom. The molecule has 0 aromatic heterocycles. The van der Waals surface area contributed by atoms with Crippen molar-refractivity contribution in [2.75, 3.05) is 7.05 Å². The molecule has 23 heavy (non-hydrogen) atoms. The molecule has 2 fully saturated rings. The van der Waals surface area contributed by atoms with Gasteiger partial charge in [0.2, 0.25) is 0 Å². The normalized spacial score (nSPS) is 29.3. The fourth-order valence-electron chi connectivity index (χ4n) is 3.38. The van der Waals surface area contributed by atoms with Crippen molar-refractivity contribution in [2.45, 2.75) is 44.2 Å². The van der Waals surface area contributed by atoms with Gasteiger partial charge < -0.3 is 10.6 Å². The lowest BCUT2D eigenvalue weighted by Gasteiger charge is -2.19. The fraction of sp³-hybridized carbons (Fsp3) is 0.556. The van der Waals surface area contributed by atoms with Gasteiger partial charge in [0.1, 0.15) is 0 Å². The van der Waals surface area contributed by atoms with Gasteiger partial charge in [-0.05, 0) is 43.6 Å². The summed E-state index contributed by atoms with van der Waals surface area (Å²) < 4.78 is 0. The maximum absolute atomic E-state index is 9.17. The summed E-state index contributed by atoms with van der Waals surface area (Å²) in [5.74, 6) is 1.67. The van der Waals surface area contributed by atoms with Gasteiger partial charge in [-0.2, -0.15) is 5.26 Å². The highest BCUT2D eigenvalue weighted by molar-refractivity contribution is 14.0. The molecule has 1 aromatic carbocycles. The molecule has 0 aliphatic heterocycles. The number of hydrogen-bond donors (Lipinski definition) is 2. The zero-order valence-corrected chi connectivity index (χ0v) is 15.9. The molecule has 0 bridgehead atoms. The summed E-state index contributed by atoms with van der Waals surface area (Å²) in [5, 5.41) is 16.1. The Morgan fingerprint density at radius 2 is 1.96 bits per heavy atom. The van der Waals surface area contributed by atoms with Crippen LogP contribution in [0, 0.1) is 23.2 Å². The summed E-state index contributed by atoms with van der Waals surface area (Å²) in [6.07, 6.45) is 5.52. The molecule has 2 aliphatic rings. The molecule has 4 unspecified atom stereocenters. The molecule has 0 spiro atoms. The molecule has 0 heterocycles. The SMILES string of the molecule is CN=C(NC1CCCC1C#N)NC1CC1Cc1ccccc1.I. The lowest BCUT2D eigenvalue weighted by atomic mass is 10.1. The van der Waals surface area contributed by atoms with Crippen LogP contribution in [0.25, 0.3) is 0 Å². The highest BCUT2D eigenvalue weighted by Crippen LogP contribution is 2.33. The van der Waals surface area contributed by atoms with E-state index in [1.165, 1.54) is 12.0 Å². The molecule has 3 rings (SSSR count). The van der Waals surface area contributed by atoms with Gasteiger partial charge >= 0.3 is 0 Å². The van der Waals surface area contributed by atoms with Gasteiger partial charge in [0.25, 0.3) is 0 Å². The van der Waals surface area contributed by atoms with E-state index < -0.39 is 0 Å². The van der Waals surface area contributed by atoms with E-state index in [0.717, 1.165) is 31.6 Å². The average molecular weight is 424 g/mol. The maximum atomic E-state index is 9.17. The van der Waals surface area contributed by atoms with E-state index in [1.807, 2.05) is 0 Å². The quantitative estimate of drug-likeness (QED) is 0.444. The monoisotopic (exact) mass is 424 g/mol. The molecular formula is C18H25IN4. The van der Waals surface area contributed by atoms with Crippen LogP contribution in [0.1, 0.15) is 31.2 Å². The maximum Gasteiger partial charge on any atom is 0.191 e. The van der Waals surface area contributed by atoms with Crippen LogP contribution in [0.5, 0.6) is 0 Å². The molecule has 0 radical (unpaired) electrons. The number of halogens is 1. The molecule has 5 heteroatoms. The van der Waals surface area contributed by atoms with E-state index in [-0.39, 0.29) is 35.9 Å². The predicted molar refractivity (Wildman–Crippen MR) is 104 cm³/mol. The highest BCUT2D eigenvalue weighted by Gasteiger charge is 2.38. The van der Waals surface area contributed by atoms with Crippen LogP contribution in [0.15, 0.2) is 35.3 Å². The molecule has 2 N–H and O–H groups in total. The van der Waals surface area contributed by atoms with Crippen molar-refractivity contribution < 1.29 is 0 Å². The number of guanidine groups is 1. The van der Waals surface area contributed by atoms with E-state index in [4.69, 9.17) is 0 Å². The largest absolute Gasteiger partial charge is 0.353 e. The Hall–Kier alpha value is -1.29. The van der Waals surface area contributed by atoms with Crippen LogP contribution in [0.4, 0.5) is 0 Å². The third kappa shape index (κ3) is 4.84. The second kappa shape index (κ2) is 8.53. The molecule has 4 nitrogen and oxygen atoms in total. The zero-order chi connectivity index (χ0) is 15.4. The van der Waals surface area contributed by atoms with E-state index in [0.29, 0.717) is 12.0 Å². The molecule has 0 saturated heterocycles. The third-order valence-electron chi connectivity index (χ3n) is 4.81. The van der Waals surface area contributed by atoms with Crippen molar-refractivity contribution in [1.82, 2.24) is 10.6 Å². The number of aliphatic imine (C=N–C) groups is 1. The summed E-state index contributed by atoms with van der Waals surface area (Å²) >= 11 is 0. The van der Waals surface area contributed by atoms with Crippen molar-refractivity contribution in [3.05, 3.63) is 35.9 Å². The minimum atomic E-state index is 0. The first-order chi connectivity index (χ1) is 10.8. The van der Waals surface area contributed by atoms with Crippen LogP contribution < -0.4 is 10.6 Å². The molecule has 2 saturated carbocycles. The topological polar surface area (TPSA) is 60.2 Å². The van der Waals surface area contributed by atoms with Crippen molar-refractivity contribution in [2.24, 2.45) is 16.8 Å². The number of benzene rings is 1. The summed E-state index contributed by atoms with van der Waals surface area (Å²) in [7, 11) is 1.81. The molecule has 1 aromatic rings. The number of rotatable bonds is 4. The van der Waals surface area contributed by atoms with Crippen LogP contribution in [-0.2, 0) is 6.42 Å². The van der Waals surface area contributed by atoms with Gasteiger partial charge in [-0.3, -0.25) is 4.99 Å². The zero-order valence-electron chi connectivity index (χ0n) is 13.5. The van der Waals surface area contributed by atoms with Crippen molar-refractivity contribution in [3.63, 3.8) is 0 Å². The Balaban J connectivity index is 0.00000192. The minimum absolute atomic E-state index is 0. The van der Waals surface area contributed by atoms with E-state index >= 15 is 0 Å². The van der Waals surface area contributed by atoms with Gasteiger partial charge in [0.05, 0.1) is 12.0 Å². The van der Waals surface area contributed by atoms with E-state index in [2.05, 4.69) is 52.0 Å². The number of nitrogens with one attached hydrogen (secondary N) is 2. The van der Waals surface area contributed by atoms with E-state index in [9.17, 15) is 5.26 Å². The summed E-state index contributed by atoms with van der Waals surface area (Å²) in [5.41, 5.74) is 1.40. The first-order valence-electron chi connectivity index (χ1n) is 8.23. The van der Waals surface area contributed by atoms with Crippen molar-refractivity contribution in [3.8, 4) is 6.07 Å². The van der Waals surface area contributed by atoms with Gasteiger partial charge in [-0.25, -0.2) is 0 Å². The number of nitriles is 1. The Morgan fingerprint density at radius 1 is 1.22 bits per heavy atom. The molecular weight excluding hydrogens is 399 g/mol. The molecule has 2 aliphatic carbocycles. The minimum Gasteiger partial charge on any atom is -0.353 e. The van der Waals surface area contributed by atoms with Gasteiger partial charge in [-0.1, -0.05) is 30.3 Å². The van der Waals surface area contributed by atoms with Crippen LogP contribution in [0.3, 0.4) is 0 Å². The second-order valence-electron chi connectivity index (χ2n) is 6.43. The van der Waals surface area contributed by atoms with Gasteiger partial charge in [-0.15, -0.1) is 24.0 Å². The first-order valence-corrected chi connectivity index (χ1v) is 8.23. The van der Waals surface area contributed by atoms with Crippen molar-refractivity contribution >= 4 is 29.9 Å². The standard InChI is InChI=1S/C18H24N4.HI/c1-20-18(21-16-9-5-8-14(16)12-19)22-17-11-15(17)10-13-6-3-2-4-7-13;/h2-4,6-7,14-17H,5,8-11H2,1H3,(H2,20,21,22);1H. The smallest absolute Gasteiger partial charge is 0.191 e. The summed E-state index contributed by atoms with van der Waals surface area (Å²) in [6, 6.07) is 13.8. The van der Waals surface area contributed by atoms with E-state index in [1.54, 1.807) is 7.05 Å². The molecule has 0 amide bonds. The van der Waals surface area contributed by atoms with Gasteiger partial charge in [0, 0.05) is 19.1 Å². The molecule has 124 valence electrons. The Bertz CT molecular complexity index is 566. The van der Waals surface area contributed by atoms with Crippen molar-refractivity contribution in [1.29, 1.82) is 5.26 Å². The van der Waals surface area contributed by atoms with Crippen LogP contribution in [0.2, 0.25) is 0 Å². The third-order valence-corrected chi connectivity index (χ3v) is 4.81. The Kier molecular flexibility index (Phi) is 6.70. The number of hydrogen-bond acceptors (Lipinski definition) is 2. The average Bonchev–Trinajstić information content (AvgIpc) is 3.10. The fourth-order valence-corrected chi connectivity index (χ4v) is 3.38. The van der Waals surface area contributed by atoms with Crippen LogP contribution >= 0.6 is 24.0 Å². The summed E-state index contributed by atoms with van der Waals surface area (Å²) in [6.45, 7) is 0. The lowest BCUT2D eigenvalue weighted by molar-refractivity contribution is 0.531. The van der Waals surface area contributed by atoms with Gasteiger partial charge in [0.15, 0.2) is 5.96 Å². The highest BCUT2D eigenvalue weighted by atomic mass is 127. The van der Waals surface area contributed by atoms with Crippen LogP contribution in [-0.4, -0.2) is 25.1 Å². The predicted octanol–water partition coefficient (Wildman–Crippen LogP) is 3.09. The summed E-state index contributed by atoms with van der Waals surface area (Å²) in [4.78, 5) is 4.33. The second-order valence-corrected chi connectivity index (χ2v) is 6.43. The Labute approximate surface area is 155 Å².